The van der Waals surface area contributed by atoms with Gasteiger partial charge in [0.1, 0.15) is 23.0 Å². The van der Waals surface area contributed by atoms with Gasteiger partial charge in [0.2, 0.25) is 0 Å². The highest BCUT2D eigenvalue weighted by atomic mass is 16.5. The fraction of sp³-hybridized carbons (Fsp3) is 0.371. The summed E-state index contributed by atoms with van der Waals surface area (Å²) < 4.78 is 22.3. The van der Waals surface area contributed by atoms with Crippen LogP contribution in [0, 0.1) is 13.8 Å². The minimum Gasteiger partial charge on any atom is -0.496 e. The van der Waals surface area contributed by atoms with E-state index in [0.29, 0.717) is 11.8 Å². The number of ether oxygens (including phenoxy) is 4. The van der Waals surface area contributed by atoms with Gasteiger partial charge in [0.15, 0.2) is 0 Å². The highest BCUT2D eigenvalue weighted by molar-refractivity contribution is 5.69. The van der Waals surface area contributed by atoms with Gasteiger partial charge in [-0.2, -0.15) is 0 Å². The highest BCUT2D eigenvalue weighted by Gasteiger charge is 2.23. The molecule has 6 nitrogen and oxygen atoms in total. The predicted molar refractivity (Wildman–Crippen MR) is 164 cm³/mol. The number of pyridine rings is 2. The smallest absolute Gasteiger partial charge is 0.126 e. The molecule has 1 aliphatic carbocycles. The Bertz CT molecular complexity index is 1320. The van der Waals surface area contributed by atoms with Gasteiger partial charge in [0.25, 0.3) is 0 Å². The van der Waals surface area contributed by atoms with Crippen LogP contribution >= 0.6 is 0 Å². The van der Waals surface area contributed by atoms with Crippen molar-refractivity contribution in [1.82, 2.24) is 9.97 Å². The molecule has 0 amide bonds. The Kier molecular flexibility index (Phi) is 8.77. The molecule has 214 valence electrons. The lowest BCUT2D eigenvalue weighted by molar-refractivity contribution is 0.389. The van der Waals surface area contributed by atoms with Crippen LogP contribution in [0.25, 0.3) is 22.3 Å². The third-order valence-electron chi connectivity index (χ3n) is 8.55. The van der Waals surface area contributed by atoms with Gasteiger partial charge in [-0.05, 0) is 87.1 Å². The molecular weight excluding hydrogens is 512 g/mol. The van der Waals surface area contributed by atoms with E-state index in [1.807, 2.05) is 26.2 Å². The SMILES string of the molecule is COc1cc(-c2ccc(C3CCCC(c4ccc(-c5cc(OC)c(C)c(OC)c5)cn4)CC3)nc2)cc(OC)c1C. The van der Waals surface area contributed by atoms with E-state index in [4.69, 9.17) is 28.9 Å². The summed E-state index contributed by atoms with van der Waals surface area (Å²) in [5.74, 6) is 4.19. The van der Waals surface area contributed by atoms with Crippen molar-refractivity contribution in [2.24, 2.45) is 0 Å². The molecule has 2 heterocycles. The molecule has 2 atom stereocenters. The summed E-state index contributed by atoms with van der Waals surface area (Å²) in [7, 11) is 6.76. The molecule has 41 heavy (non-hydrogen) atoms. The topological polar surface area (TPSA) is 62.7 Å². The van der Waals surface area contributed by atoms with E-state index in [1.165, 1.54) is 17.8 Å². The van der Waals surface area contributed by atoms with Crippen molar-refractivity contribution in [2.45, 2.75) is 57.8 Å². The molecule has 1 aliphatic rings. The fourth-order valence-corrected chi connectivity index (χ4v) is 6.03. The van der Waals surface area contributed by atoms with Gasteiger partial charge in [-0.3, -0.25) is 9.97 Å². The lowest BCUT2D eigenvalue weighted by Crippen LogP contribution is -2.02. The molecule has 1 fully saturated rings. The van der Waals surface area contributed by atoms with Crippen molar-refractivity contribution in [1.29, 1.82) is 0 Å². The monoisotopic (exact) mass is 552 g/mol. The van der Waals surface area contributed by atoms with Gasteiger partial charge in [0.05, 0.1) is 28.4 Å². The van der Waals surface area contributed by atoms with E-state index in [1.54, 1.807) is 28.4 Å². The van der Waals surface area contributed by atoms with E-state index in [2.05, 4.69) is 48.5 Å². The minimum absolute atomic E-state index is 0.461. The van der Waals surface area contributed by atoms with Crippen LogP contribution in [0.1, 0.15) is 66.5 Å². The van der Waals surface area contributed by atoms with E-state index in [0.717, 1.165) is 82.1 Å². The quantitative estimate of drug-likeness (QED) is 0.205. The largest absolute Gasteiger partial charge is 0.496 e. The number of aromatic nitrogens is 2. The van der Waals surface area contributed by atoms with Crippen molar-refractivity contribution in [3.05, 3.63) is 83.4 Å². The van der Waals surface area contributed by atoms with Gasteiger partial charge in [-0.15, -0.1) is 0 Å². The van der Waals surface area contributed by atoms with Crippen LogP contribution in [0.3, 0.4) is 0 Å². The zero-order chi connectivity index (χ0) is 28.9. The second-order valence-corrected chi connectivity index (χ2v) is 10.9. The number of nitrogens with zero attached hydrogens (tertiary/aromatic N) is 2. The lowest BCUT2D eigenvalue weighted by atomic mass is 9.92. The van der Waals surface area contributed by atoms with Crippen molar-refractivity contribution < 1.29 is 18.9 Å². The Morgan fingerprint density at radius 3 is 1.17 bits per heavy atom. The van der Waals surface area contributed by atoms with Crippen LogP contribution in [0.15, 0.2) is 60.9 Å². The summed E-state index contributed by atoms with van der Waals surface area (Å²) in [6.07, 6.45) is 9.65. The maximum absolute atomic E-state index is 5.57. The molecule has 0 bridgehead atoms. The lowest BCUT2D eigenvalue weighted by Gasteiger charge is -2.16. The van der Waals surface area contributed by atoms with E-state index in [9.17, 15) is 0 Å². The normalized spacial score (nSPS) is 17.0. The minimum atomic E-state index is 0.461. The number of benzene rings is 2. The van der Waals surface area contributed by atoms with Gasteiger partial charge < -0.3 is 18.9 Å². The summed E-state index contributed by atoms with van der Waals surface area (Å²) in [4.78, 5) is 9.83. The Hall–Kier alpha value is -4.06. The van der Waals surface area contributed by atoms with Gasteiger partial charge in [0, 0.05) is 57.9 Å². The van der Waals surface area contributed by atoms with E-state index >= 15 is 0 Å². The Labute approximate surface area is 243 Å². The first-order valence-corrected chi connectivity index (χ1v) is 14.3. The molecular formula is C35H40N2O4. The second kappa shape index (κ2) is 12.6. The van der Waals surface area contributed by atoms with Crippen LogP contribution in [0.5, 0.6) is 23.0 Å². The van der Waals surface area contributed by atoms with Crippen LogP contribution in [-0.4, -0.2) is 38.4 Å². The van der Waals surface area contributed by atoms with Crippen LogP contribution in [0.4, 0.5) is 0 Å². The molecule has 0 N–H and O–H groups in total. The van der Waals surface area contributed by atoms with Crippen LogP contribution in [-0.2, 0) is 0 Å². The number of rotatable bonds is 8. The number of hydrogen-bond donors (Lipinski definition) is 0. The van der Waals surface area contributed by atoms with Crippen molar-refractivity contribution in [3.8, 4) is 45.3 Å². The molecule has 2 unspecified atom stereocenters. The molecule has 0 aliphatic heterocycles. The summed E-state index contributed by atoms with van der Waals surface area (Å²) in [6, 6.07) is 16.9. The number of methoxy groups -OCH3 is 4. The molecule has 6 heteroatoms. The van der Waals surface area contributed by atoms with Crippen molar-refractivity contribution in [3.63, 3.8) is 0 Å². The standard InChI is InChI=1S/C35H40N2O4/c1-22-32(38-3)16-28(17-33(22)39-4)26-12-14-30(36-20-26)24-8-7-9-25(11-10-24)31-15-13-27(21-37-31)29-18-34(40-5)23(2)35(19-29)41-6/h12-21,24-25H,7-11H2,1-6H3. The predicted octanol–water partition coefficient (Wildman–Crippen LogP) is 8.29. The summed E-state index contributed by atoms with van der Waals surface area (Å²) in [5.41, 5.74) is 8.54. The third-order valence-corrected chi connectivity index (χ3v) is 8.55. The highest BCUT2D eigenvalue weighted by Crippen LogP contribution is 2.40. The Balaban J connectivity index is 1.27. The first-order chi connectivity index (χ1) is 19.9. The first kappa shape index (κ1) is 28.5. The summed E-state index contributed by atoms with van der Waals surface area (Å²) in [5, 5.41) is 0. The summed E-state index contributed by atoms with van der Waals surface area (Å²) in [6.45, 7) is 4.01. The van der Waals surface area contributed by atoms with Gasteiger partial charge in [-0.1, -0.05) is 18.6 Å². The Morgan fingerprint density at radius 1 is 0.512 bits per heavy atom. The number of hydrogen-bond acceptors (Lipinski definition) is 6. The molecule has 4 aromatic rings. The maximum Gasteiger partial charge on any atom is 0.126 e. The fourth-order valence-electron chi connectivity index (χ4n) is 6.03. The zero-order valence-corrected chi connectivity index (χ0v) is 25.0. The molecule has 2 aromatic heterocycles. The second-order valence-electron chi connectivity index (χ2n) is 10.9. The zero-order valence-electron chi connectivity index (χ0n) is 25.0. The Morgan fingerprint density at radius 2 is 0.878 bits per heavy atom. The average molecular weight is 553 g/mol. The van der Waals surface area contributed by atoms with Crippen molar-refractivity contribution >= 4 is 0 Å². The van der Waals surface area contributed by atoms with Crippen LogP contribution < -0.4 is 18.9 Å². The molecule has 5 rings (SSSR count). The average Bonchev–Trinajstić information content (AvgIpc) is 3.28. The van der Waals surface area contributed by atoms with Gasteiger partial charge >= 0.3 is 0 Å². The summed E-state index contributed by atoms with van der Waals surface area (Å²) >= 11 is 0. The van der Waals surface area contributed by atoms with E-state index < -0.39 is 0 Å². The third kappa shape index (κ3) is 6.02. The molecule has 0 spiro atoms. The molecule has 1 saturated carbocycles. The van der Waals surface area contributed by atoms with Gasteiger partial charge in [-0.25, -0.2) is 0 Å². The van der Waals surface area contributed by atoms with Crippen molar-refractivity contribution in [2.75, 3.05) is 28.4 Å². The molecule has 2 aromatic carbocycles. The molecule has 0 saturated heterocycles. The molecule has 0 radical (unpaired) electrons. The van der Waals surface area contributed by atoms with Crippen LogP contribution in [0.2, 0.25) is 0 Å². The van der Waals surface area contributed by atoms with E-state index in [-0.39, 0.29) is 0 Å². The first-order valence-electron chi connectivity index (χ1n) is 14.3. The maximum atomic E-state index is 5.57.